The highest BCUT2D eigenvalue weighted by Crippen LogP contribution is 2.30. The number of halogens is 1. The first-order chi connectivity index (χ1) is 11.3. The number of rotatable bonds is 4. The quantitative estimate of drug-likeness (QED) is 0.548. The fourth-order valence-electron chi connectivity index (χ4n) is 2.30. The molecule has 23 heavy (non-hydrogen) atoms. The van der Waals surface area contributed by atoms with Crippen molar-refractivity contribution in [3.63, 3.8) is 0 Å². The summed E-state index contributed by atoms with van der Waals surface area (Å²) < 4.78 is 7.28. The monoisotopic (exact) mass is 332 g/mol. The molecule has 2 N–H and O–H groups in total. The molecule has 0 spiro atoms. The second-order valence-electron chi connectivity index (χ2n) is 4.54. The fraction of sp³-hybridized carbons (Fsp3) is 0.182. The van der Waals surface area contributed by atoms with Crippen LogP contribution >= 0.6 is 11.6 Å². The third-order valence-electron chi connectivity index (χ3n) is 3.27. The first-order valence-electron chi connectivity index (χ1n) is 6.45. The number of hydrogen-bond donors (Lipinski definition) is 2. The van der Waals surface area contributed by atoms with Crippen molar-refractivity contribution >= 4 is 17.2 Å². The second-order valence-corrected chi connectivity index (χ2v) is 4.95. The third kappa shape index (κ3) is 2.22. The maximum Gasteiger partial charge on any atom is 0.224 e. The van der Waals surface area contributed by atoms with Gasteiger partial charge in [0, 0.05) is 13.3 Å². The molecule has 0 aliphatic heterocycles. The number of fused-ring (bicyclic) bond motifs is 1. The first-order valence-corrected chi connectivity index (χ1v) is 6.83. The zero-order valence-corrected chi connectivity index (χ0v) is 12.4. The van der Waals surface area contributed by atoms with Crippen molar-refractivity contribution in [1.29, 1.82) is 0 Å². The topological polar surface area (TPSA) is 135 Å². The number of H-pyrrole nitrogens is 2. The highest BCUT2D eigenvalue weighted by Gasteiger charge is 2.25. The molecule has 1 unspecified atom stereocenters. The van der Waals surface area contributed by atoms with Gasteiger partial charge >= 0.3 is 0 Å². The Labute approximate surface area is 133 Å². The van der Waals surface area contributed by atoms with E-state index in [1.807, 2.05) is 0 Å². The second kappa shape index (κ2) is 5.37. The molecule has 0 amide bonds. The summed E-state index contributed by atoms with van der Waals surface area (Å²) in [5, 5.41) is 28.1. The van der Waals surface area contributed by atoms with Crippen LogP contribution in [0.15, 0.2) is 18.3 Å². The lowest BCUT2D eigenvalue weighted by Gasteiger charge is -2.15. The maximum absolute atomic E-state index is 6.36. The molecule has 1 atom stereocenters. The van der Waals surface area contributed by atoms with Gasteiger partial charge in [-0.05, 0) is 17.3 Å². The lowest BCUT2D eigenvalue weighted by atomic mass is 10.2. The van der Waals surface area contributed by atoms with E-state index in [1.54, 1.807) is 22.7 Å². The molecule has 0 saturated heterocycles. The molecule has 0 fully saturated rings. The van der Waals surface area contributed by atoms with Crippen LogP contribution in [0.25, 0.3) is 17.2 Å². The fourth-order valence-corrected chi connectivity index (χ4v) is 2.56. The number of tetrazole rings is 2. The van der Waals surface area contributed by atoms with Gasteiger partial charge in [0.05, 0.1) is 10.7 Å². The maximum atomic E-state index is 6.36. The molecular weight excluding hydrogens is 324 g/mol. The molecule has 4 rings (SSSR count). The van der Waals surface area contributed by atoms with Gasteiger partial charge in [0.2, 0.25) is 11.6 Å². The zero-order valence-electron chi connectivity index (χ0n) is 11.7. The van der Waals surface area contributed by atoms with Crippen LogP contribution in [0.5, 0.6) is 0 Å². The Morgan fingerprint density at radius 1 is 1.17 bits per heavy atom. The minimum Gasteiger partial charge on any atom is -0.367 e. The van der Waals surface area contributed by atoms with Gasteiger partial charge in [0.15, 0.2) is 6.10 Å². The van der Waals surface area contributed by atoms with Crippen molar-refractivity contribution in [3.05, 3.63) is 34.9 Å². The van der Waals surface area contributed by atoms with E-state index in [0.717, 1.165) is 0 Å². The predicted octanol–water partition coefficient (Wildman–Crippen LogP) is 0.417. The molecule has 11 nitrogen and oxygen atoms in total. The van der Waals surface area contributed by atoms with E-state index < -0.39 is 6.10 Å². The molecule has 4 aromatic rings. The van der Waals surface area contributed by atoms with Gasteiger partial charge in [-0.25, -0.2) is 4.98 Å². The molecule has 0 bridgehead atoms. The Balaban J connectivity index is 1.93. The Morgan fingerprint density at radius 2 is 2.00 bits per heavy atom. The average molecular weight is 333 g/mol. The summed E-state index contributed by atoms with van der Waals surface area (Å²) >= 11 is 6.36. The smallest absolute Gasteiger partial charge is 0.224 e. The largest absolute Gasteiger partial charge is 0.367 e. The third-order valence-corrected chi connectivity index (χ3v) is 3.59. The van der Waals surface area contributed by atoms with Crippen LogP contribution in [-0.4, -0.2) is 57.7 Å². The van der Waals surface area contributed by atoms with Gasteiger partial charge in [-0.3, -0.25) is 4.40 Å². The number of aromatic nitrogens is 10. The van der Waals surface area contributed by atoms with Crippen LogP contribution in [0.4, 0.5) is 0 Å². The van der Waals surface area contributed by atoms with E-state index in [9.17, 15) is 0 Å². The summed E-state index contributed by atoms with van der Waals surface area (Å²) in [6.07, 6.45) is 1.13. The molecule has 0 radical (unpaired) electrons. The van der Waals surface area contributed by atoms with E-state index in [1.165, 1.54) is 7.11 Å². The van der Waals surface area contributed by atoms with Crippen molar-refractivity contribution in [2.24, 2.45) is 0 Å². The Bertz CT molecular complexity index is 931. The normalized spacial score (nSPS) is 12.8. The van der Waals surface area contributed by atoms with E-state index in [2.05, 4.69) is 46.2 Å². The van der Waals surface area contributed by atoms with E-state index in [4.69, 9.17) is 16.3 Å². The summed E-state index contributed by atoms with van der Waals surface area (Å²) in [7, 11) is 1.53. The Morgan fingerprint density at radius 3 is 2.70 bits per heavy atom. The van der Waals surface area contributed by atoms with Crippen LogP contribution in [0, 0.1) is 0 Å². The van der Waals surface area contributed by atoms with E-state index >= 15 is 0 Å². The molecular formula is C11H9ClN10O. The Kier molecular flexibility index (Phi) is 3.20. The minimum absolute atomic E-state index is 0.358. The zero-order chi connectivity index (χ0) is 15.8. The number of nitrogens with one attached hydrogen (secondary N) is 2. The summed E-state index contributed by atoms with van der Waals surface area (Å²) in [6, 6.07) is 3.50. The van der Waals surface area contributed by atoms with Gasteiger partial charge in [0.25, 0.3) is 0 Å². The molecule has 4 heterocycles. The van der Waals surface area contributed by atoms with Gasteiger partial charge in [-0.2, -0.15) is 10.4 Å². The first kappa shape index (κ1) is 13.7. The molecule has 116 valence electrons. The summed E-state index contributed by atoms with van der Waals surface area (Å²) in [5.74, 6) is 0.737. The molecule has 0 aliphatic carbocycles. The molecule has 0 aromatic carbocycles. The SMILES string of the molecule is COC(c1nn[nH]n1)c1c(Cl)ccc2nc(-c3nn[nH]n3)cn12. The van der Waals surface area contributed by atoms with Crippen molar-refractivity contribution < 1.29 is 4.74 Å². The van der Waals surface area contributed by atoms with Crippen LogP contribution in [0.2, 0.25) is 5.02 Å². The van der Waals surface area contributed by atoms with Crippen LogP contribution in [0.1, 0.15) is 17.6 Å². The Hall–Kier alpha value is -2.92. The molecule has 4 aromatic heterocycles. The van der Waals surface area contributed by atoms with E-state index in [0.29, 0.717) is 33.7 Å². The lowest BCUT2D eigenvalue weighted by Crippen LogP contribution is -2.11. The highest BCUT2D eigenvalue weighted by molar-refractivity contribution is 6.31. The average Bonchev–Trinajstić information content (AvgIpc) is 3.31. The number of nitrogens with zero attached hydrogens (tertiary/aromatic N) is 8. The van der Waals surface area contributed by atoms with E-state index in [-0.39, 0.29) is 0 Å². The van der Waals surface area contributed by atoms with Crippen molar-refractivity contribution in [2.45, 2.75) is 6.10 Å². The predicted molar refractivity (Wildman–Crippen MR) is 76.4 cm³/mol. The standard InChI is InChI=1S/C11H9ClN10O/c1-23-9(11-16-20-21-17-11)8-5(12)2-3-7-13-6(4-22(7)8)10-14-18-19-15-10/h2-4,9H,1H3,(H,14,15,18,19)(H,16,17,20,21). The number of ether oxygens (including phenoxy) is 1. The van der Waals surface area contributed by atoms with Gasteiger partial charge < -0.3 is 4.74 Å². The van der Waals surface area contributed by atoms with Gasteiger partial charge in [-0.1, -0.05) is 16.8 Å². The minimum atomic E-state index is -0.614. The molecule has 12 heteroatoms. The molecule has 0 saturated carbocycles. The number of imidazole rings is 1. The van der Waals surface area contributed by atoms with Crippen LogP contribution < -0.4 is 0 Å². The van der Waals surface area contributed by atoms with Crippen molar-refractivity contribution in [3.8, 4) is 11.5 Å². The number of hydrogen-bond acceptors (Lipinski definition) is 8. The lowest BCUT2D eigenvalue weighted by molar-refractivity contribution is 0.124. The summed E-state index contributed by atoms with van der Waals surface area (Å²) in [5.41, 5.74) is 1.82. The number of methoxy groups -OCH3 is 1. The van der Waals surface area contributed by atoms with Crippen molar-refractivity contribution in [1.82, 2.24) is 50.6 Å². The van der Waals surface area contributed by atoms with Crippen molar-refractivity contribution in [2.75, 3.05) is 7.11 Å². The van der Waals surface area contributed by atoms with Gasteiger partial charge in [0.1, 0.15) is 11.3 Å². The highest BCUT2D eigenvalue weighted by atomic mass is 35.5. The van der Waals surface area contributed by atoms with Crippen LogP contribution in [0.3, 0.4) is 0 Å². The number of aromatic amines is 2. The van der Waals surface area contributed by atoms with Gasteiger partial charge in [-0.15, -0.1) is 20.4 Å². The van der Waals surface area contributed by atoms with Crippen LogP contribution in [-0.2, 0) is 4.74 Å². The molecule has 0 aliphatic rings. The summed E-state index contributed by atoms with van der Waals surface area (Å²) in [4.78, 5) is 4.45. The number of pyridine rings is 1. The summed E-state index contributed by atoms with van der Waals surface area (Å²) in [6.45, 7) is 0.